The fourth-order valence-corrected chi connectivity index (χ4v) is 3.45. The third-order valence-electron chi connectivity index (χ3n) is 4.83. The molecular weight excluding hydrogens is 463 g/mol. The van der Waals surface area contributed by atoms with Crippen molar-refractivity contribution in [3.63, 3.8) is 0 Å². The molecule has 33 heavy (non-hydrogen) atoms. The number of halogens is 4. The first-order chi connectivity index (χ1) is 15.6. The first-order valence-electron chi connectivity index (χ1n) is 9.55. The number of aromatic amines is 1. The molecular formula is C21H15ClF3N5O3. The molecule has 1 aromatic heterocycles. The van der Waals surface area contributed by atoms with Crippen molar-refractivity contribution in [2.24, 2.45) is 0 Å². The van der Waals surface area contributed by atoms with E-state index in [4.69, 9.17) is 11.6 Å². The number of nitrogens with zero attached hydrogens (tertiary/aromatic N) is 1. The van der Waals surface area contributed by atoms with E-state index in [1.807, 2.05) is 0 Å². The predicted octanol–water partition coefficient (Wildman–Crippen LogP) is 4.25. The second-order valence-corrected chi connectivity index (χ2v) is 7.62. The number of carbonyl (C=O) groups is 2. The van der Waals surface area contributed by atoms with Gasteiger partial charge in [-0.1, -0.05) is 17.7 Å². The number of hydrogen-bond acceptors (Lipinski definition) is 5. The number of amides is 2. The highest BCUT2D eigenvalue weighted by molar-refractivity contribution is 6.30. The minimum absolute atomic E-state index is 0.0205. The van der Waals surface area contributed by atoms with Gasteiger partial charge in [0.15, 0.2) is 0 Å². The van der Waals surface area contributed by atoms with E-state index in [1.54, 1.807) is 24.3 Å². The second kappa shape index (κ2) is 8.58. The van der Waals surface area contributed by atoms with E-state index >= 15 is 0 Å². The van der Waals surface area contributed by atoms with E-state index in [1.165, 1.54) is 12.1 Å². The van der Waals surface area contributed by atoms with Crippen molar-refractivity contribution in [2.45, 2.75) is 18.5 Å². The zero-order valence-corrected chi connectivity index (χ0v) is 17.3. The number of nitrogens with one attached hydrogen (secondary N) is 4. The first-order valence-corrected chi connectivity index (χ1v) is 9.93. The third-order valence-corrected chi connectivity index (χ3v) is 5.08. The fraction of sp³-hybridized carbons (Fsp3) is 0.143. The molecule has 2 heterocycles. The number of anilines is 4. The maximum atomic E-state index is 12.9. The van der Waals surface area contributed by atoms with Gasteiger partial charge in [-0.15, -0.1) is 0 Å². The molecule has 1 aliphatic heterocycles. The third kappa shape index (κ3) is 4.98. The summed E-state index contributed by atoms with van der Waals surface area (Å²) in [6.45, 7) is 0. The van der Waals surface area contributed by atoms with Gasteiger partial charge < -0.3 is 16.0 Å². The molecule has 0 saturated carbocycles. The molecule has 8 nitrogen and oxygen atoms in total. The minimum atomic E-state index is -4.55. The Morgan fingerprint density at radius 2 is 1.82 bits per heavy atom. The Morgan fingerprint density at radius 1 is 1.09 bits per heavy atom. The van der Waals surface area contributed by atoms with Gasteiger partial charge in [-0.25, -0.2) is 0 Å². The van der Waals surface area contributed by atoms with Crippen LogP contribution in [0.15, 0.2) is 53.3 Å². The quantitative estimate of drug-likeness (QED) is 0.448. The van der Waals surface area contributed by atoms with Crippen molar-refractivity contribution in [2.75, 3.05) is 16.0 Å². The Morgan fingerprint density at radius 3 is 2.52 bits per heavy atom. The van der Waals surface area contributed by atoms with Crippen LogP contribution in [0.1, 0.15) is 23.5 Å². The Hall–Kier alpha value is -3.86. The monoisotopic (exact) mass is 477 g/mol. The lowest BCUT2D eigenvalue weighted by atomic mass is 9.92. The Balaban J connectivity index is 1.62. The number of fused-ring (bicyclic) bond motifs is 1. The Labute approximate surface area is 189 Å². The van der Waals surface area contributed by atoms with E-state index in [0.717, 1.165) is 12.1 Å². The maximum absolute atomic E-state index is 12.9. The van der Waals surface area contributed by atoms with Gasteiger partial charge in [0, 0.05) is 22.8 Å². The molecule has 2 aromatic carbocycles. The van der Waals surface area contributed by atoms with Gasteiger partial charge >= 0.3 is 6.18 Å². The highest BCUT2D eigenvalue weighted by Gasteiger charge is 2.35. The van der Waals surface area contributed by atoms with Gasteiger partial charge in [-0.3, -0.25) is 19.4 Å². The highest BCUT2D eigenvalue weighted by atomic mass is 35.5. The molecule has 0 spiro atoms. The van der Waals surface area contributed by atoms with E-state index < -0.39 is 35.0 Å². The van der Waals surface area contributed by atoms with Crippen molar-refractivity contribution in [3.8, 4) is 0 Å². The summed E-state index contributed by atoms with van der Waals surface area (Å²) in [7, 11) is 0. The molecule has 0 radical (unpaired) electrons. The number of benzene rings is 2. The molecule has 170 valence electrons. The normalized spacial score (nSPS) is 15.4. The molecule has 1 aliphatic rings. The first kappa shape index (κ1) is 22.3. The summed E-state index contributed by atoms with van der Waals surface area (Å²) < 4.78 is 38.8. The van der Waals surface area contributed by atoms with E-state index in [0.29, 0.717) is 10.7 Å². The lowest BCUT2D eigenvalue weighted by molar-refractivity contribution is -0.137. The summed E-state index contributed by atoms with van der Waals surface area (Å²) in [6, 6.07) is 10.6. The van der Waals surface area contributed by atoms with Crippen molar-refractivity contribution in [3.05, 3.63) is 75.0 Å². The lowest BCUT2D eigenvalue weighted by Crippen LogP contribution is -2.36. The van der Waals surface area contributed by atoms with Gasteiger partial charge in [0.05, 0.1) is 17.0 Å². The van der Waals surface area contributed by atoms with Crippen LogP contribution in [0.3, 0.4) is 0 Å². The summed E-state index contributed by atoms with van der Waals surface area (Å²) in [6.07, 6.45) is -4.83. The van der Waals surface area contributed by atoms with E-state index in [2.05, 4.69) is 25.9 Å². The maximum Gasteiger partial charge on any atom is 0.416 e. The molecule has 4 rings (SSSR count). The van der Waals surface area contributed by atoms with Crippen molar-refractivity contribution >= 4 is 46.6 Å². The van der Waals surface area contributed by atoms with Crippen LogP contribution in [-0.4, -0.2) is 21.8 Å². The van der Waals surface area contributed by atoms with Crippen LogP contribution in [0.5, 0.6) is 0 Å². The summed E-state index contributed by atoms with van der Waals surface area (Å²) >= 11 is 5.83. The van der Waals surface area contributed by atoms with Crippen LogP contribution >= 0.6 is 11.6 Å². The number of alkyl halides is 3. The van der Waals surface area contributed by atoms with Crippen molar-refractivity contribution in [1.29, 1.82) is 0 Å². The van der Waals surface area contributed by atoms with Crippen molar-refractivity contribution in [1.82, 2.24) is 9.97 Å². The van der Waals surface area contributed by atoms with Gasteiger partial charge in [0.25, 0.3) is 5.56 Å². The lowest BCUT2D eigenvalue weighted by Gasteiger charge is -2.23. The largest absolute Gasteiger partial charge is 0.416 e. The molecule has 1 atom stereocenters. The summed E-state index contributed by atoms with van der Waals surface area (Å²) in [5.41, 5.74) is -1.22. The average Bonchev–Trinajstić information content (AvgIpc) is 2.74. The average molecular weight is 478 g/mol. The molecule has 0 saturated heterocycles. The molecule has 0 unspecified atom stereocenters. The number of hydrogen-bond donors (Lipinski definition) is 4. The Bertz CT molecular complexity index is 1290. The molecule has 3 aromatic rings. The summed E-state index contributed by atoms with van der Waals surface area (Å²) in [4.78, 5) is 44.2. The zero-order valence-electron chi connectivity index (χ0n) is 16.6. The van der Waals surface area contributed by atoms with Crippen LogP contribution < -0.4 is 21.5 Å². The number of H-pyrrole nitrogens is 1. The minimum Gasteiger partial charge on any atom is -0.326 e. The molecule has 12 heteroatoms. The molecule has 0 aliphatic carbocycles. The number of carbonyl (C=O) groups excluding carboxylic acids is 2. The highest BCUT2D eigenvalue weighted by Crippen LogP contribution is 2.32. The number of rotatable bonds is 4. The fourth-order valence-electron chi connectivity index (χ4n) is 3.33. The van der Waals surface area contributed by atoms with E-state index in [-0.39, 0.29) is 29.4 Å². The van der Waals surface area contributed by atoms with Gasteiger partial charge in [-0.05, 0) is 42.5 Å². The van der Waals surface area contributed by atoms with Crippen LogP contribution in [0.25, 0.3) is 0 Å². The van der Waals surface area contributed by atoms with Crippen LogP contribution in [0, 0.1) is 0 Å². The van der Waals surface area contributed by atoms with Gasteiger partial charge in [0.1, 0.15) is 5.82 Å². The van der Waals surface area contributed by atoms with Crippen LogP contribution in [0.4, 0.5) is 36.3 Å². The molecule has 0 bridgehead atoms. The topological polar surface area (TPSA) is 116 Å². The number of aromatic nitrogens is 2. The SMILES string of the molecule is O=C1C[C@H](C(=O)Nc2ccc(Cl)cc2)c2c(nc(Nc3cccc(C(F)(F)F)c3)[nH]c2=O)N1. The van der Waals surface area contributed by atoms with Crippen LogP contribution in [0.2, 0.25) is 5.02 Å². The zero-order chi connectivity index (χ0) is 23.8. The van der Waals surface area contributed by atoms with Gasteiger partial charge in [0.2, 0.25) is 17.8 Å². The molecule has 4 N–H and O–H groups in total. The van der Waals surface area contributed by atoms with E-state index in [9.17, 15) is 27.6 Å². The summed E-state index contributed by atoms with van der Waals surface area (Å²) in [5, 5.41) is 8.10. The predicted molar refractivity (Wildman–Crippen MR) is 116 cm³/mol. The smallest absolute Gasteiger partial charge is 0.326 e. The molecule has 2 amide bonds. The van der Waals surface area contributed by atoms with Crippen LogP contribution in [-0.2, 0) is 15.8 Å². The molecule has 0 fully saturated rings. The Kier molecular flexibility index (Phi) is 5.81. The summed E-state index contributed by atoms with van der Waals surface area (Å²) in [5.74, 6) is -2.61. The van der Waals surface area contributed by atoms with Crippen molar-refractivity contribution < 1.29 is 22.8 Å². The van der Waals surface area contributed by atoms with Gasteiger partial charge in [-0.2, -0.15) is 18.2 Å². The standard InChI is InChI=1S/C21H15ClF3N5O3/c22-11-4-6-12(7-5-11)26-18(32)14-9-15(31)28-17-16(14)19(33)30-20(29-17)27-13-3-1-2-10(8-13)21(23,24)25/h1-8,14H,9H2,(H,26,32)(H3,27,28,29,30,31,33)/t14-/m0/s1. The second-order valence-electron chi connectivity index (χ2n) is 7.18.